The lowest BCUT2D eigenvalue weighted by Crippen LogP contribution is -2.61. The molecule has 1 rings (SSSR count). The summed E-state index contributed by atoms with van der Waals surface area (Å²) in [5.74, 6) is 0.748. The summed E-state index contributed by atoms with van der Waals surface area (Å²) in [6.45, 7) is 17.4. The average Bonchev–Trinajstić information content (AvgIpc) is 2.15. The van der Waals surface area contributed by atoms with Crippen LogP contribution in [-0.2, 0) is 0 Å². The maximum atomic E-state index is 3.71. The molecule has 0 bridgehead atoms. The molecule has 1 fully saturated rings. The van der Waals surface area contributed by atoms with Gasteiger partial charge in [-0.1, -0.05) is 41.5 Å². The summed E-state index contributed by atoms with van der Waals surface area (Å²) in [5.41, 5.74) is 0.370. The van der Waals surface area contributed by atoms with Crippen molar-refractivity contribution in [2.45, 2.75) is 53.6 Å². The van der Waals surface area contributed by atoms with E-state index < -0.39 is 0 Å². The van der Waals surface area contributed by atoms with Crippen LogP contribution in [0.25, 0.3) is 0 Å². The van der Waals surface area contributed by atoms with Crippen molar-refractivity contribution in [3.05, 3.63) is 0 Å². The third-order valence-electron chi connectivity index (χ3n) is 3.68. The molecular weight excluding hydrogens is 184 g/mol. The Morgan fingerprint density at radius 1 is 1.33 bits per heavy atom. The molecule has 0 aliphatic carbocycles. The van der Waals surface area contributed by atoms with Crippen molar-refractivity contribution in [3.63, 3.8) is 0 Å². The van der Waals surface area contributed by atoms with E-state index in [9.17, 15) is 0 Å². The van der Waals surface area contributed by atoms with Crippen molar-refractivity contribution in [1.82, 2.24) is 10.2 Å². The lowest BCUT2D eigenvalue weighted by molar-refractivity contribution is 0.0678. The Hall–Kier alpha value is -0.0800. The monoisotopic (exact) mass is 212 g/mol. The van der Waals surface area contributed by atoms with E-state index in [-0.39, 0.29) is 0 Å². The minimum Gasteiger partial charge on any atom is -0.311 e. The molecule has 2 atom stereocenters. The van der Waals surface area contributed by atoms with Crippen LogP contribution in [0.5, 0.6) is 0 Å². The van der Waals surface area contributed by atoms with Gasteiger partial charge in [0.05, 0.1) is 0 Å². The van der Waals surface area contributed by atoms with Crippen LogP contribution in [-0.4, -0.2) is 36.6 Å². The highest BCUT2D eigenvalue weighted by Gasteiger charge is 2.34. The topological polar surface area (TPSA) is 15.3 Å². The molecule has 0 aromatic heterocycles. The Morgan fingerprint density at radius 2 is 1.93 bits per heavy atom. The van der Waals surface area contributed by atoms with Gasteiger partial charge in [-0.3, -0.25) is 4.90 Å². The van der Waals surface area contributed by atoms with Crippen LogP contribution in [0, 0.1) is 11.3 Å². The van der Waals surface area contributed by atoms with Gasteiger partial charge < -0.3 is 5.32 Å². The molecule has 1 heterocycles. The SMILES string of the molecule is CCN1CC(C(C)(C)C)NCC1C(C)C. The number of hydrogen-bond acceptors (Lipinski definition) is 2. The average molecular weight is 212 g/mol. The van der Waals surface area contributed by atoms with Gasteiger partial charge in [-0.15, -0.1) is 0 Å². The molecule has 1 aliphatic heterocycles. The lowest BCUT2D eigenvalue weighted by atomic mass is 9.83. The van der Waals surface area contributed by atoms with Gasteiger partial charge in [0.15, 0.2) is 0 Å². The summed E-state index contributed by atoms with van der Waals surface area (Å²) in [6.07, 6.45) is 0. The van der Waals surface area contributed by atoms with Gasteiger partial charge in [-0.25, -0.2) is 0 Å². The quantitative estimate of drug-likeness (QED) is 0.756. The molecule has 0 saturated carbocycles. The maximum absolute atomic E-state index is 3.71. The fourth-order valence-electron chi connectivity index (χ4n) is 2.43. The highest BCUT2D eigenvalue weighted by Crippen LogP contribution is 2.25. The molecule has 2 nitrogen and oxygen atoms in total. The number of rotatable bonds is 2. The Bertz CT molecular complexity index is 193. The van der Waals surface area contributed by atoms with Crippen molar-refractivity contribution in [1.29, 1.82) is 0 Å². The Balaban J connectivity index is 2.63. The predicted octanol–water partition coefficient (Wildman–Crippen LogP) is 2.35. The van der Waals surface area contributed by atoms with Gasteiger partial charge in [0.2, 0.25) is 0 Å². The third kappa shape index (κ3) is 3.18. The predicted molar refractivity (Wildman–Crippen MR) is 67.1 cm³/mol. The first-order valence-corrected chi connectivity index (χ1v) is 6.33. The van der Waals surface area contributed by atoms with Gasteiger partial charge in [0.1, 0.15) is 0 Å². The largest absolute Gasteiger partial charge is 0.311 e. The van der Waals surface area contributed by atoms with Crippen LogP contribution in [0.3, 0.4) is 0 Å². The van der Waals surface area contributed by atoms with Gasteiger partial charge >= 0.3 is 0 Å². The molecule has 2 heteroatoms. The van der Waals surface area contributed by atoms with Crippen molar-refractivity contribution in [3.8, 4) is 0 Å². The summed E-state index contributed by atoms with van der Waals surface area (Å²) in [7, 11) is 0. The van der Waals surface area contributed by atoms with Crippen LogP contribution in [0.4, 0.5) is 0 Å². The minimum absolute atomic E-state index is 0.370. The molecule has 0 aromatic carbocycles. The molecule has 0 spiro atoms. The summed E-state index contributed by atoms with van der Waals surface area (Å²) < 4.78 is 0. The lowest BCUT2D eigenvalue weighted by Gasteiger charge is -2.46. The van der Waals surface area contributed by atoms with Gasteiger partial charge in [0, 0.05) is 25.2 Å². The Morgan fingerprint density at radius 3 is 2.33 bits per heavy atom. The van der Waals surface area contributed by atoms with E-state index >= 15 is 0 Å². The zero-order chi connectivity index (χ0) is 11.6. The highest BCUT2D eigenvalue weighted by atomic mass is 15.2. The maximum Gasteiger partial charge on any atom is 0.0244 e. The normalized spacial score (nSPS) is 29.8. The minimum atomic E-state index is 0.370. The van der Waals surface area contributed by atoms with Gasteiger partial charge in [0.25, 0.3) is 0 Å². The van der Waals surface area contributed by atoms with E-state index in [1.165, 1.54) is 13.1 Å². The van der Waals surface area contributed by atoms with E-state index in [2.05, 4.69) is 51.8 Å². The molecule has 0 aromatic rings. The summed E-state index contributed by atoms with van der Waals surface area (Å²) in [6, 6.07) is 1.35. The van der Waals surface area contributed by atoms with Crippen molar-refractivity contribution in [2.75, 3.05) is 19.6 Å². The number of nitrogens with one attached hydrogen (secondary N) is 1. The van der Waals surface area contributed by atoms with Crippen molar-refractivity contribution < 1.29 is 0 Å². The Kier molecular flexibility index (Phi) is 4.19. The standard InChI is InChI=1S/C13H28N2/c1-7-15-9-12(13(4,5)6)14-8-11(15)10(2)3/h10-12,14H,7-9H2,1-6H3. The summed E-state index contributed by atoms with van der Waals surface area (Å²) in [5, 5.41) is 3.71. The molecule has 1 aliphatic rings. The number of hydrogen-bond donors (Lipinski definition) is 1. The van der Waals surface area contributed by atoms with Gasteiger partial charge in [-0.2, -0.15) is 0 Å². The van der Waals surface area contributed by atoms with Crippen molar-refractivity contribution >= 4 is 0 Å². The zero-order valence-electron chi connectivity index (χ0n) is 11.3. The van der Waals surface area contributed by atoms with Crippen LogP contribution >= 0.6 is 0 Å². The third-order valence-corrected chi connectivity index (χ3v) is 3.68. The summed E-state index contributed by atoms with van der Waals surface area (Å²) >= 11 is 0. The second-order valence-electron chi connectivity index (χ2n) is 6.23. The molecule has 1 N–H and O–H groups in total. The smallest absolute Gasteiger partial charge is 0.0244 e. The van der Waals surface area contributed by atoms with Crippen LogP contribution < -0.4 is 5.32 Å². The first-order chi connectivity index (χ1) is 6.86. The Labute approximate surface area is 95.4 Å². The number of likely N-dealkylation sites (N-methyl/N-ethyl adjacent to an activating group) is 1. The van der Waals surface area contributed by atoms with E-state index in [1.807, 2.05) is 0 Å². The fourth-order valence-corrected chi connectivity index (χ4v) is 2.43. The molecular formula is C13H28N2. The molecule has 1 saturated heterocycles. The van der Waals surface area contributed by atoms with E-state index in [0.717, 1.165) is 12.5 Å². The van der Waals surface area contributed by atoms with Gasteiger partial charge in [-0.05, 0) is 17.9 Å². The second kappa shape index (κ2) is 4.84. The first-order valence-electron chi connectivity index (χ1n) is 6.33. The highest BCUT2D eigenvalue weighted by molar-refractivity contribution is 4.92. The van der Waals surface area contributed by atoms with E-state index in [1.54, 1.807) is 0 Å². The van der Waals surface area contributed by atoms with E-state index in [0.29, 0.717) is 17.5 Å². The van der Waals surface area contributed by atoms with Crippen molar-refractivity contribution in [2.24, 2.45) is 11.3 Å². The van der Waals surface area contributed by atoms with E-state index in [4.69, 9.17) is 0 Å². The van der Waals surface area contributed by atoms with Crippen LogP contribution in [0.1, 0.15) is 41.5 Å². The molecule has 90 valence electrons. The zero-order valence-corrected chi connectivity index (χ0v) is 11.3. The second-order valence-corrected chi connectivity index (χ2v) is 6.23. The first kappa shape index (κ1) is 13.0. The number of nitrogens with zero attached hydrogens (tertiary/aromatic N) is 1. The van der Waals surface area contributed by atoms with Crippen LogP contribution in [0.15, 0.2) is 0 Å². The molecule has 0 amide bonds. The number of piperazine rings is 1. The molecule has 15 heavy (non-hydrogen) atoms. The fraction of sp³-hybridized carbons (Fsp3) is 1.00. The molecule has 0 radical (unpaired) electrons. The van der Waals surface area contributed by atoms with Crippen LogP contribution in [0.2, 0.25) is 0 Å². The molecule has 2 unspecified atom stereocenters. The summed E-state index contributed by atoms with van der Waals surface area (Å²) in [4.78, 5) is 2.64.